The molecule has 88 valence electrons. The Hall–Kier alpha value is -2.03. The highest BCUT2D eigenvalue weighted by atomic mass is 19.1. The number of anilines is 2. The molecule has 0 aliphatic rings. The molecule has 0 aliphatic heterocycles. The molecule has 0 heterocycles. The van der Waals surface area contributed by atoms with Crippen molar-refractivity contribution in [2.45, 2.75) is 6.54 Å². The fourth-order valence-electron chi connectivity index (χ4n) is 1.70. The second-order valence-electron chi connectivity index (χ2n) is 4.04. The van der Waals surface area contributed by atoms with Crippen LogP contribution in [0.3, 0.4) is 0 Å². The number of rotatable bonds is 3. The van der Waals surface area contributed by atoms with Crippen LogP contribution in [-0.4, -0.2) is 7.05 Å². The van der Waals surface area contributed by atoms with E-state index in [1.54, 1.807) is 12.1 Å². The average molecular weight is 230 g/mol. The van der Waals surface area contributed by atoms with Crippen LogP contribution >= 0.6 is 0 Å². The van der Waals surface area contributed by atoms with Gasteiger partial charge in [0.1, 0.15) is 5.82 Å². The van der Waals surface area contributed by atoms with Gasteiger partial charge in [-0.15, -0.1) is 0 Å². The first-order valence-electron chi connectivity index (χ1n) is 5.47. The molecule has 0 bridgehead atoms. The van der Waals surface area contributed by atoms with Gasteiger partial charge in [-0.25, -0.2) is 4.39 Å². The Bertz CT molecular complexity index is 494. The standard InChI is InChI=1S/C14H15FN2/c1-17(13-8-6-12(16)7-9-13)10-11-4-2-3-5-14(11)15/h2-9H,10,16H2,1H3. The Balaban J connectivity index is 2.14. The molecule has 2 aromatic rings. The van der Waals surface area contributed by atoms with E-state index in [1.807, 2.05) is 42.3 Å². The van der Waals surface area contributed by atoms with Gasteiger partial charge >= 0.3 is 0 Å². The van der Waals surface area contributed by atoms with Crippen LogP contribution in [0.15, 0.2) is 48.5 Å². The largest absolute Gasteiger partial charge is 0.399 e. The molecule has 17 heavy (non-hydrogen) atoms. The second-order valence-corrected chi connectivity index (χ2v) is 4.04. The van der Waals surface area contributed by atoms with E-state index in [4.69, 9.17) is 5.73 Å². The third-order valence-corrected chi connectivity index (χ3v) is 2.70. The van der Waals surface area contributed by atoms with E-state index in [2.05, 4.69) is 0 Å². The van der Waals surface area contributed by atoms with Crippen molar-refractivity contribution in [2.75, 3.05) is 17.7 Å². The lowest BCUT2D eigenvalue weighted by Gasteiger charge is -2.19. The molecule has 0 amide bonds. The maximum absolute atomic E-state index is 13.5. The van der Waals surface area contributed by atoms with Crippen molar-refractivity contribution in [3.05, 3.63) is 59.9 Å². The van der Waals surface area contributed by atoms with Crippen LogP contribution in [0.1, 0.15) is 5.56 Å². The summed E-state index contributed by atoms with van der Waals surface area (Å²) >= 11 is 0. The second kappa shape index (κ2) is 4.87. The average Bonchev–Trinajstić information content (AvgIpc) is 2.33. The number of nitrogens with zero attached hydrogens (tertiary/aromatic N) is 1. The minimum atomic E-state index is -0.171. The maximum atomic E-state index is 13.5. The minimum Gasteiger partial charge on any atom is -0.399 e. The third-order valence-electron chi connectivity index (χ3n) is 2.70. The van der Waals surface area contributed by atoms with E-state index in [0.717, 1.165) is 11.4 Å². The summed E-state index contributed by atoms with van der Waals surface area (Å²) in [6, 6.07) is 14.3. The molecule has 0 radical (unpaired) electrons. The Labute approximate surface area is 100 Å². The predicted molar refractivity (Wildman–Crippen MR) is 69.4 cm³/mol. The van der Waals surface area contributed by atoms with E-state index in [9.17, 15) is 4.39 Å². The highest BCUT2D eigenvalue weighted by Gasteiger charge is 2.05. The van der Waals surface area contributed by atoms with Gasteiger partial charge in [-0.2, -0.15) is 0 Å². The first kappa shape index (κ1) is 11.5. The minimum absolute atomic E-state index is 0.171. The first-order valence-corrected chi connectivity index (χ1v) is 5.47. The molecule has 2 rings (SSSR count). The molecule has 0 saturated heterocycles. The van der Waals surface area contributed by atoms with E-state index >= 15 is 0 Å². The van der Waals surface area contributed by atoms with Gasteiger partial charge < -0.3 is 10.6 Å². The summed E-state index contributed by atoms with van der Waals surface area (Å²) in [7, 11) is 1.93. The molecular weight excluding hydrogens is 215 g/mol. The SMILES string of the molecule is CN(Cc1ccccc1F)c1ccc(N)cc1. The zero-order chi connectivity index (χ0) is 12.3. The van der Waals surface area contributed by atoms with Crippen LogP contribution in [0.25, 0.3) is 0 Å². The summed E-state index contributed by atoms with van der Waals surface area (Å²) in [6.45, 7) is 0.538. The van der Waals surface area contributed by atoms with E-state index < -0.39 is 0 Å². The zero-order valence-electron chi connectivity index (χ0n) is 9.73. The Morgan fingerprint density at radius 2 is 1.71 bits per heavy atom. The summed E-state index contributed by atoms with van der Waals surface area (Å²) in [4.78, 5) is 1.98. The molecule has 0 saturated carbocycles. The quantitative estimate of drug-likeness (QED) is 0.821. The van der Waals surface area contributed by atoms with E-state index in [0.29, 0.717) is 12.1 Å². The van der Waals surface area contributed by atoms with Gasteiger partial charge in [0.15, 0.2) is 0 Å². The van der Waals surface area contributed by atoms with Crippen molar-refractivity contribution in [2.24, 2.45) is 0 Å². The summed E-state index contributed by atoms with van der Waals surface area (Å²) < 4.78 is 13.5. The Morgan fingerprint density at radius 1 is 1.06 bits per heavy atom. The number of benzene rings is 2. The molecule has 2 N–H and O–H groups in total. The topological polar surface area (TPSA) is 29.3 Å². The van der Waals surface area contributed by atoms with Crippen LogP contribution < -0.4 is 10.6 Å². The Morgan fingerprint density at radius 3 is 2.35 bits per heavy atom. The summed E-state index contributed by atoms with van der Waals surface area (Å²) in [5.74, 6) is -0.171. The van der Waals surface area contributed by atoms with Crippen LogP contribution in [0, 0.1) is 5.82 Å². The van der Waals surface area contributed by atoms with Crippen molar-refractivity contribution in [1.82, 2.24) is 0 Å². The van der Waals surface area contributed by atoms with Gasteiger partial charge in [0.05, 0.1) is 0 Å². The fraction of sp³-hybridized carbons (Fsp3) is 0.143. The van der Waals surface area contributed by atoms with Gasteiger partial charge in [-0.3, -0.25) is 0 Å². The van der Waals surface area contributed by atoms with Crippen molar-refractivity contribution in [3.63, 3.8) is 0 Å². The zero-order valence-corrected chi connectivity index (χ0v) is 9.73. The van der Waals surface area contributed by atoms with Crippen molar-refractivity contribution >= 4 is 11.4 Å². The molecule has 0 aromatic heterocycles. The van der Waals surface area contributed by atoms with Gasteiger partial charge in [0.2, 0.25) is 0 Å². The van der Waals surface area contributed by atoms with E-state index in [-0.39, 0.29) is 5.82 Å². The lowest BCUT2D eigenvalue weighted by atomic mass is 10.2. The lowest BCUT2D eigenvalue weighted by Crippen LogP contribution is -2.17. The van der Waals surface area contributed by atoms with Gasteiger partial charge in [0, 0.05) is 30.5 Å². The lowest BCUT2D eigenvalue weighted by molar-refractivity contribution is 0.608. The van der Waals surface area contributed by atoms with Gasteiger partial charge in [0.25, 0.3) is 0 Å². The monoisotopic (exact) mass is 230 g/mol. The molecule has 3 heteroatoms. The summed E-state index contributed by atoms with van der Waals surface area (Å²) in [5, 5.41) is 0. The molecular formula is C14H15FN2. The number of halogens is 1. The van der Waals surface area contributed by atoms with Crippen molar-refractivity contribution in [3.8, 4) is 0 Å². The van der Waals surface area contributed by atoms with Crippen LogP contribution in [0.2, 0.25) is 0 Å². The normalized spacial score (nSPS) is 10.2. The molecule has 2 aromatic carbocycles. The summed E-state index contributed by atoms with van der Waals surface area (Å²) in [6.07, 6.45) is 0. The van der Waals surface area contributed by atoms with Crippen LogP contribution in [0.5, 0.6) is 0 Å². The highest BCUT2D eigenvalue weighted by Crippen LogP contribution is 2.18. The number of hydrogen-bond donors (Lipinski definition) is 1. The fourth-order valence-corrected chi connectivity index (χ4v) is 1.70. The Kier molecular flexibility index (Phi) is 3.28. The molecule has 0 aliphatic carbocycles. The smallest absolute Gasteiger partial charge is 0.128 e. The maximum Gasteiger partial charge on any atom is 0.128 e. The highest BCUT2D eigenvalue weighted by molar-refractivity contribution is 5.52. The number of hydrogen-bond acceptors (Lipinski definition) is 2. The molecule has 0 fully saturated rings. The molecule has 0 atom stereocenters. The first-order chi connectivity index (χ1) is 8.16. The third kappa shape index (κ3) is 2.75. The number of nitrogen functional groups attached to an aromatic ring is 1. The predicted octanol–water partition coefficient (Wildman–Crippen LogP) is 3.04. The van der Waals surface area contributed by atoms with Gasteiger partial charge in [-0.05, 0) is 30.3 Å². The van der Waals surface area contributed by atoms with Crippen LogP contribution in [-0.2, 0) is 6.54 Å². The van der Waals surface area contributed by atoms with Crippen molar-refractivity contribution < 1.29 is 4.39 Å². The van der Waals surface area contributed by atoms with E-state index in [1.165, 1.54) is 6.07 Å². The van der Waals surface area contributed by atoms with Gasteiger partial charge in [-0.1, -0.05) is 18.2 Å². The van der Waals surface area contributed by atoms with Crippen molar-refractivity contribution in [1.29, 1.82) is 0 Å². The molecule has 2 nitrogen and oxygen atoms in total. The number of nitrogens with two attached hydrogens (primary N) is 1. The molecule has 0 unspecified atom stereocenters. The summed E-state index contributed by atoms with van der Waals surface area (Å²) in [5.41, 5.74) is 8.06. The van der Waals surface area contributed by atoms with Crippen LogP contribution in [0.4, 0.5) is 15.8 Å². The molecule has 0 spiro atoms.